The van der Waals surface area contributed by atoms with E-state index in [9.17, 15) is 14.4 Å². The molecule has 0 spiro atoms. The molecule has 1 aromatic rings. The fourth-order valence-electron chi connectivity index (χ4n) is 2.01. The third-order valence-electron chi connectivity index (χ3n) is 3.08. The van der Waals surface area contributed by atoms with Crippen molar-refractivity contribution in [3.05, 3.63) is 29.8 Å². The molecular weight excluding hydrogens is 264 g/mol. The fourth-order valence-corrected chi connectivity index (χ4v) is 2.01. The maximum atomic E-state index is 12.1. The molecule has 1 saturated heterocycles. The van der Waals surface area contributed by atoms with Crippen LogP contribution in [0.25, 0.3) is 0 Å². The van der Waals surface area contributed by atoms with Crippen molar-refractivity contribution in [2.45, 2.75) is 12.5 Å². The van der Waals surface area contributed by atoms with Gasteiger partial charge < -0.3 is 20.4 Å². The summed E-state index contributed by atoms with van der Waals surface area (Å²) in [6, 6.07) is 5.00. The van der Waals surface area contributed by atoms with Crippen molar-refractivity contribution in [3.63, 3.8) is 0 Å². The molecule has 1 heterocycles. The molecule has 0 aromatic heterocycles. The SMILES string of the molecule is O=C1CN(C(=O)Cc2ccc(O)cc2)C(C(=O)O)CN1. The first kappa shape index (κ1) is 13.9. The van der Waals surface area contributed by atoms with Crippen LogP contribution in [0.3, 0.4) is 0 Å². The number of phenols is 1. The first-order valence-electron chi connectivity index (χ1n) is 6.04. The number of carboxylic acids is 1. The molecule has 0 aliphatic carbocycles. The van der Waals surface area contributed by atoms with Crippen molar-refractivity contribution in [2.75, 3.05) is 13.1 Å². The fraction of sp³-hybridized carbons (Fsp3) is 0.308. The van der Waals surface area contributed by atoms with Crippen molar-refractivity contribution in [1.82, 2.24) is 10.2 Å². The Labute approximate surface area is 114 Å². The number of rotatable bonds is 3. The van der Waals surface area contributed by atoms with Crippen LogP contribution in [0.1, 0.15) is 5.56 Å². The highest BCUT2D eigenvalue weighted by Crippen LogP contribution is 2.13. The second-order valence-corrected chi connectivity index (χ2v) is 4.52. The molecule has 0 bridgehead atoms. The second-order valence-electron chi connectivity index (χ2n) is 4.52. The summed E-state index contributed by atoms with van der Waals surface area (Å²) in [5.74, 6) is -1.87. The number of aromatic hydroxyl groups is 1. The predicted molar refractivity (Wildman–Crippen MR) is 68.0 cm³/mol. The minimum absolute atomic E-state index is 0.0165. The Hall–Kier alpha value is -2.57. The maximum Gasteiger partial charge on any atom is 0.328 e. The quantitative estimate of drug-likeness (QED) is 0.681. The van der Waals surface area contributed by atoms with E-state index in [0.29, 0.717) is 5.56 Å². The minimum Gasteiger partial charge on any atom is -0.508 e. The Morgan fingerprint density at radius 1 is 1.30 bits per heavy atom. The van der Waals surface area contributed by atoms with Gasteiger partial charge in [0.15, 0.2) is 0 Å². The highest BCUT2D eigenvalue weighted by atomic mass is 16.4. The normalized spacial score (nSPS) is 18.5. The van der Waals surface area contributed by atoms with Crippen LogP contribution < -0.4 is 5.32 Å². The lowest BCUT2D eigenvalue weighted by Crippen LogP contribution is -2.59. The lowest BCUT2D eigenvalue weighted by atomic mass is 10.1. The predicted octanol–water partition coefficient (Wildman–Crippen LogP) is -0.654. The number of carbonyl (C=O) groups is 3. The van der Waals surface area contributed by atoms with Gasteiger partial charge >= 0.3 is 5.97 Å². The summed E-state index contributed by atoms with van der Waals surface area (Å²) in [6.07, 6.45) is -0.0165. The molecule has 0 radical (unpaired) electrons. The molecule has 1 atom stereocenters. The number of phenolic OH excluding ortho intramolecular Hbond substituents is 1. The monoisotopic (exact) mass is 278 g/mol. The van der Waals surface area contributed by atoms with Crippen LogP contribution in [-0.4, -0.2) is 52.0 Å². The number of nitrogens with zero attached hydrogens (tertiary/aromatic N) is 1. The maximum absolute atomic E-state index is 12.1. The Morgan fingerprint density at radius 2 is 1.95 bits per heavy atom. The lowest BCUT2D eigenvalue weighted by molar-refractivity contribution is -0.153. The minimum atomic E-state index is -1.15. The molecule has 1 aliphatic rings. The summed E-state index contributed by atoms with van der Waals surface area (Å²) in [5, 5.41) is 20.7. The average molecular weight is 278 g/mol. The molecule has 3 N–H and O–H groups in total. The first-order valence-corrected chi connectivity index (χ1v) is 6.04. The third kappa shape index (κ3) is 3.05. The molecule has 2 amide bonds. The van der Waals surface area contributed by atoms with Crippen molar-refractivity contribution in [2.24, 2.45) is 0 Å². The standard InChI is InChI=1S/C13H14N2O5/c16-9-3-1-8(2-4-9)5-12(18)15-7-11(17)14-6-10(15)13(19)20/h1-4,10,16H,5-7H2,(H,14,17)(H,19,20). The number of benzene rings is 1. The van der Waals surface area contributed by atoms with Crippen LogP contribution in [0.4, 0.5) is 0 Å². The highest BCUT2D eigenvalue weighted by Gasteiger charge is 2.34. The van der Waals surface area contributed by atoms with Crippen LogP contribution >= 0.6 is 0 Å². The Bertz CT molecular complexity index is 540. The van der Waals surface area contributed by atoms with E-state index < -0.39 is 17.9 Å². The molecular formula is C13H14N2O5. The van der Waals surface area contributed by atoms with Gasteiger partial charge in [0.1, 0.15) is 18.3 Å². The highest BCUT2D eigenvalue weighted by molar-refractivity contribution is 5.91. The molecule has 0 saturated carbocycles. The van der Waals surface area contributed by atoms with Gasteiger partial charge in [-0.1, -0.05) is 12.1 Å². The molecule has 1 unspecified atom stereocenters. The van der Waals surface area contributed by atoms with Gasteiger partial charge in [-0.3, -0.25) is 9.59 Å². The van der Waals surface area contributed by atoms with Gasteiger partial charge in [-0.25, -0.2) is 4.79 Å². The molecule has 106 valence electrons. The van der Waals surface area contributed by atoms with Crippen molar-refractivity contribution in [3.8, 4) is 5.75 Å². The zero-order chi connectivity index (χ0) is 14.7. The number of amides is 2. The van der Waals surface area contributed by atoms with E-state index in [2.05, 4.69) is 5.32 Å². The number of hydrogen-bond donors (Lipinski definition) is 3. The number of piperazine rings is 1. The molecule has 1 aromatic carbocycles. The Balaban J connectivity index is 2.10. The number of carbonyl (C=O) groups excluding carboxylic acids is 2. The van der Waals surface area contributed by atoms with E-state index in [-0.39, 0.29) is 31.2 Å². The van der Waals surface area contributed by atoms with E-state index in [4.69, 9.17) is 10.2 Å². The van der Waals surface area contributed by atoms with Crippen LogP contribution in [0, 0.1) is 0 Å². The largest absolute Gasteiger partial charge is 0.508 e. The van der Waals surface area contributed by atoms with Gasteiger partial charge in [-0.2, -0.15) is 0 Å². The zero-order valence-corrected chi connectivity index (χ0v) is 10.6. The van der Waals surface area contributed by atoms with Gasteiger partial charge in [-0.15, -0.1) is 0 Å². The Kier molecular flexibility index (Phi) is 3.88. The molecule has 1 fully saturated rings. The van der Waals surface area contributed by atoms with Gasteiger partial charge in [0, 0.05) is 6.54 Å². The first-order chi connectivity index (χ1) is 9.47. The number of carboxylic acid groups (broad SMARTS) is 1. The summed E-state index contributed by atoms with van der Waals surface area (Å²) in [7, 11) is 0. The van der Waals surface area contributed by atoms with Gasteiger partial charge in [-0.05, 0) is 17.7 Å². The number of nitrogens with one attached hydrogen (secondary N) is 1. The van der Waals surface area contributed by atoms with E-state index in [1.54, 1.807) is 12.1 Å². The zero-order valence-electron chi connectivity index (χ0n) is 10.6. The van der Waals surface area contributed by atoms with Crippen LogP contribution in [0.15, 0.2) is 24.3 Å². The second kappa shape index (κ2) is 5.60. The van der Waals surface area contributed by atoms with E-state index in [0.717, 1.165) is 4.90 Å². The van der Waals surface area contributed by atoms with E-state index in [1.807, 2.05) is 0 Å². The molecule has 20 heavy (non-hydrogen) atoms. The molecule has 1 aliphatic heterocycles. The van der Waals surface area contributed by atoms with Crippen LogP contribution in [0.2, 0.25) is 0 Å². The van der Waals surface area contributed by atoms with Gasteiger partial charge in [0.2, 0.25) is 11.8 Å². The summed E-state index contributed by atoms with van der Waals surface area (Å²) >= 11 is 0. The van der Waals surface area contributed by atoms with Crippen molar-refractivity contribution < 1.29 is 24.6 Å². The van der Waals surface area contributed by atoms with Crippen LogP contribution in [0.5, 0.6) is 5.75 Å². The summed E-state index contributed by atoms with van der Waals surface area (Å²) < 4.78 is 0. The van der Waals surface area contributed by atoms with Crippen LogP contribution in [-0.2, 0) is 20.8 Å². The molecule has 7 nitrogen and oxygen atoms in total. The number of aliphatic carboxylic acids is 1. The molecule has 2 rings (SSSR count). The van der Waals surface area contributed by atoms with Gasteiger partial charge in [0.05, 0.1) is 6.42 Å². The van der Waals surface area contributed by atoms with Crippen molar-refractivity contribution in [1.29, 1.82) is 0 Å². The Morgan fingerprint density at radius 3 is 2.55 bits per heavy atom. The van der Waals surface area contributed by atoms with E-state index >= 15 is 0 Å². The average Bonchev–Trinajstić information content (AvgIpc) is 2.41. The van der Waals surface area contributed by atoms with Gasteiger partial charge in [0.25, 0.3) is 0 Å². The third-order valence-corrected chi connectivity index (χ3v) is 3.08. The summed E-state index contributed by atoms with van der Waals surface area (Å²) in [4.78, 5) is 35.6. The number of hydrogen-bond acceptors (Lipinski definition) is 4. The van der Waals surface area contributed by atoms with Crippen molar-refractivity contribution >= 4 is 17.8 Å². The summed E-state index contributed by atoms with van der Waals surface area (Å²) in [6.45, 7) is -0.344. The molecule has 7 heteroatoms. The lowest BCUT2D eigenvalue weighted by Gasteiger charge is -2.32. The van der Waals surface area contributed by atoms with E-state index in [1.165, 1.54) is 12.1 Å². The topological polar surface area (TPSA) is 107 Å². The summed E-state index contributed by atoms with van der Waals surface area (Å²) in [5.41, 5.74) is 0.642. The smallest absolute Gasteiger partial charge is 0.328 e.